The number of alkyl halides is 6. The summed E-state index contributed by atoms with van der Waals surface area (Å²) in [5.41, 5.74) is -0.0166. The molecule has 156 valence electrons. The van der Waals surface area contributed by atoms with E-state index in [1.807, 2.05) is 9.80 Å². The van der Waals surface area contributed by atoms with E-state index in [-0.39, 0.29) is 18.5 Å². The number of halogens is 6. The number of carboxylic acid groups (broad SMARTS) is 1. The Bertz CT molecular complexity index is 705. The van der Waals surface area contributed by atoms with Crippen molar-refractivity contribution in [3.8, 4) is 0 Å². The summed E-state index contributed by atoms with van der Waals surface area (Å²) in [6, 6.07) is 5.07. The number of anilines is 1. The predicted molar refractivity (Wildman–Crippen MR) is 85.7 cm³/mol. The van der Waals surface area contributed by atoms with Gasteiger partial charge in [0, 0.05) is 31.9 Å². The molecule has 2 aliphatic heterocycles. The molecule has 1 unspecified atom stereocenters. The Kier molecular flexibility index (Phi) is 6.42. The lowest BCUT2D eigenvalue weighted by Gasteiger charge is -2.44. The fourth-order valence-corrected chi connectivity index (χ4v) is 2.88. The Morgan fingerprint density at radius 2 is 1.68 bits per heavy atom. The Labute approximate surface area is 155 Å². The fraction of sp³-hybridized carbons (Fsp3) is 0.500. The summed E-state index contributed by atoms with van der Waals surface area (Å²) in [5.74, 6) is -2.72. The monoisotopic (exact) mass is 413 g/mol. The first-order valence-corrected chi connectivity index (χ1v) is 8.12. The minimum atomic E-state index is -5.08. The van der Waals surface area contributed by atoms with Gasteiger partial charge in [-0.1, -0.05) is 0 Å². The summed E-state index contributed by atoms with van der Waals surface area (Å²) in [7, 11) is 0. The van der Waals surface area contributed by atoms with Gasteiger partial charge in [-0.2, -0.15) is 26.3 Å². The van der Waals surface area contributed by atoms with Crippen molar-refractivity contribution in [2.75, 3.05) is 37.6 Å². The summed E-state index contributed by atoms with van der Waals surface area (Å²) < 4.78 is 69.4. The Hall–Kier alpha value is -2.50. The molecule has 0 aromatic heterocycles. The van der Waals surface area contributed by atoms with E-state index in [1.54, 1.807) is 0 Å². The first-order chi connectivity index (χ1) is 12.9. The van der Waals surface area contributed by atoms with Gasteiger partial charge < -0.3 is 20.2 Å². The van der Waals surface area contributed by atoms with Gasteiger partial charge in [-0.3, -0.25) is 4.79 Å². The van der Waals surface area contributed by atoms with Crippen molar-refractivity contribution >= 4 is 17.6 Å². The van der Waals surface area contributed by atoms with Gasteiger partial charge in [0.2, 0.25) is 5.91 Å². The van der Waals surface area contributed by atoms with Crippen LogP contribution < -0.4 is 10.2 Å². The number of carbonyl (C=O) groups excluding carboxylic acids is 1. The first kappa shape index (κ1) is 21.8. The number of piperazine rings is 2. The van der Waals surface area contributed by atoms with Gasteiger partial charge in [-0.15, -0.1) is 0 Å². The first-order valence-electron chi connectivity index (χ1n) is 8.12. The van der Waals surface area contributed by atoms with E-state index < -0.39 is 23.9 Å². The average molecular weight is 413 g/mol. The topological polar surface area (TPSA) is 72.9 Å². The quantitative estimate of drug-likeness (QED) is 0.689. The molecule has 0 spiro atoms. The SMILES string of the molecule is O=C(O)C(F)(F)F.O=C1CN(c2ccc(C(F)(F)F)cc2)CC2CNCCN12. The zero-order chi connectivity index (χ0) is 21.1. The van der Waals surface area contributed by atoms with E-state index in [0.717, 1.165) is 25.2 Å². The second kappa shape index (κ2) is 8.25. The maximum Gasteiger partial charge on any atom is 0.490 e. The summed E-state index contributed by atoms with van der Waals surface area (Å²) >= 11 is 0. The van der Waals surface area contributed by atoms with Crippen LogP contribution >= 0.6 is 0 Å². The van der Waals surface area contributed by atoms with Crippen molar-refractivity contribution in [3.63, 3.8) is 0 Å². The number of rotatable bonds is 1. The third-order valence-electron chi connectivity index (χ3n) is 4.23. The van der Waals surface area contributed by atoms with Gasteiger partial charge in [-0.05, 0) is 24.3 Å². The highest BCUT2D eigenvalue weighted by Gasteiger charge is 2.38. The van der Waals surface area contributed by atoms with Crippen LogP contribution in [-0.2, 0) is 15.8 Å². The molecule has 0 aliphatic carbocycles. The van der Waals surface area contributed by atoms with E-state index in [2.05, 4.69) is 5.32 Å². The Morgan fingerprint density at radius 1 is 1.11 bits per heavy atom. The molecule has 1 aromatic carbocycles. The number of aliphatic carboxylic acids is 1. The molecule has 2 fully saturated rings. The van der Waals surface area contributed by atoms with Crippen molar-refractivity contribution < 1.29 is 41.0 Å². The van der Waals surface area contributed by atoms with Crippen molar-refractivity contribution in [1.82, 2.24) is 10.2 Å². The summed E-state index contributed by atoms with van der Waals surface area (Å²) in [6.45, 7) is 3.09. The van der Waals surface area contributed by atoms with Gasteiger partial charge in [0.15, 0.2) is 0 Å². The number of carbonyl (C=O) groups is 2. The number of fused-ring (bicyclic) bond motifs is 1. The van der Waals surface area contributed by atoms with Gasteiger partial charge in [0.05, 0.1) is 18.2 Å². The lowest BCUT2D eigenvalue weighted by atomic mass is 10.1. The molecule has 0 radical (unpaired) electrons. The summed E-state index contributed by atoms with van der Waals surface area (Å²) in [4.78, 5) is 24.7. The smallest absolute Gasteiger partial charge is 0.475 e. The largest absolute Gasteiger partial charge is 0.490 e. The molecule has 0 saturated carbocycles. The van der Waals surface area contributed by atoms with Crippen molar-refractivity contribution in [1.29, 1.82) is 0 Å². The van der Waals surface area contributed by atoms with Crippen LogP contribution in [0.15, 0.2) is 24.3 Å². The van der Waals surface area contributed by atoms with E-state index in [1.165, 1.54) is 12.1 Å². The molecule has 0 bridgehead atoms. The minimum absolute atomic E-state index is 0.0349. The molecule has 2 N–H and O–H groups in total. The fourth-order valence-electron chi connectivity index (χ4n) is 2.88. The molecular formula is C16H17F6N3O3. The number of nitrogens with one attached hydrogen (secondary N) is 1. The van der Waals surface area contributed by atoms with Crippen LogP contribution in [0.25, 0.3) is 0 Å². The van der Waals surface area contributed by atoms with Crippen LogP contribution in [0.3, 0.4) is 0 Å². The third kappa shape index (κ3) is 5.50. The second-order valence-electron chi connectivity index (χ2n) is 6.17. The predicted octanol–water partition coefficient (Wildman–Crippen LogP) is 1.96. The summed E-state index contributed by atoms with van der Waals surface area (Å²) in [6.07, 6.45) is -9.42. The number of amides is 1. The van der Waals surface area contributed by atoms with E-state index in [4.69, 9.17) is 9.90 Å². The maximum absolute atomic E-state index is 12.6. The maximum atomic E-state index is 12.6. The standard InChI is InChI=1S/C14H16F3N3O.C2HF3O2/c15-14(16,17)10-1-3-11(4-2-10)19-8-12-7-18-5-6-20(12)13(21)9-19;3-2(4,5)1(6)7/h1-4,12,18H,5-9H2;(H,6,7). The average Bonchev–Trinajstić information content (AvgIpc) is 2.61. The Morgan fingerprint density at radius 3 is 2.18 bits per heavy atom. The highest BCUT2D eigenvalue weighted by atomic mass is 19.4. The van der Waals surface area contributed by atoms with Gasteiger partial charge in [0.25, 0.3) is 0 Å². The number of nitrogens with zero attached hydrogens (tertiary/aromatic N) is 2. The molecular weight excluding hydrogens is 396 g/mol. The van der Waals surface area contributed by atoms with Crippen molar-refractivity contribution in [2.24, 2.45) is 0 Å². The van der Waals surface area contributed by atoms with Gasteiger partial charge >= 0.3 is 18.3 Å². The molecule has 1 amide bonds. The zero-order valence-electron chi connectivity index (χ0n) is 14.3. The van der Waals surface area contributed by atoms with Crippen LogP contribution in [0, 0.1) is 0 Å². The molecule has 28 heavy (non-hydrogen) atoms. The molecule has 6 nitrogen and oxygen atoms in total. The lowest BCUT2D eigenvalue weighted by molar-refractivity contribution is -0.192. The van der Waals surface area contributed by atoms with Crippen LogP contribution in [0.1, 0.15) is 5.56 Å². The molecule has 1 atom stereocenters. The van der Waals surface area contributed by atoms with Crippen LogP contribution in [-0.4, -0.2) is 66.8 Å². The minimum Gasteiger partial charge on any atom is -0.475 e. The van der Waals surface area contributed by atoms with Crippen LogP contribution in [0.5, 0.6) is 0 Å². The second-order valence-corrected chi connectivity index (χ2v) is 6.17. The normalized spacial score (nSPS) is 20.2. The lowest BCUT2D eigenvalue weighted by Crippen LogP contribution is -2.63. The molecule has 3 rings (SSSR count). The Balaban J connectivity index is 0.000000345. The highest BCUT2D eigenvalue weighted by molar-refractivity contribution is 5.83. The number of carboxylic acids is 1. The molecule has 12 heteroatoms. The van der Waals surface area contributed by atoms with Gasteiger partial charge in [-0.25, -0.2) is 4.79 Å². The summed E-state index contributed by atoms with van der Waals surface area (Å²) in [5, 5.41) is 10.4. The van der Waals surface area contributed by atoms with E-state index >= 15 is 0 Å². The number of hydrogen-bond donors (Lipinski definition) is 2. The molecule has 2 saturated heterocycles. The molecule has 2 aliphatic rings. The molecule has 1 aromatic rings. The van der Waals surface area contributed by atoms with Crippen molar-refractivity contribution in [3.05, 3.63) is 29.8 Å². The zero-order valence-corrected chi connectivity index (χ0v) is 14.3. The van der Waals surface area contributed by atoms with E-state index in [0.29, 0.717) is 18.8 Å². The third-order valence-corrected chi connectivity index (χ3v) is 4.23. The van der Waals surface area contributed by atoms with Gasteiger partial charge in [0.1, 0.15) is 0 Å². The van der Waals surface area contributed by atoms with Crippen LogP contribution in [0.4, 0.5) is 32.0 Å². The molecule has 2 heterocycles. The highest BCUT2D eigenvalue weighted by Crippen LogP contribution is 2.31. The number of benzene rings is 1. The van der Waals surface area contributed by atoms with Crippen molar-refractivity contribution in [2.45, 2.75) is 18.4 Å². The van der Waals surface area contributed by atoms with Crippen LogP contribution in [0.2, 0.25) is 0 Å². The number of hydrogen-bond acceptors (Lipinski definition) is 4. The van der Waals surface area contributed by atoms with E-state index in [9.17, 15) is 31.1 Å².